The lowest BCUT2D eigenvalue weighted by Gasteiger charge is -2.32. The lowest BCUT2D eigenvalue weighted by Crippen LogP contribution is -2.54. The zero-order valence-electron chi connectivity index (χ0n) is 15.0. The van der Waals surface area contributed by atoms with Crippen molar-refractivity contribution in [2.45, 2.75) is 37.8 Å². The molecular weight excluding hydrogens is 364 g/mol. The fourth-order valence-electron chi connectivity index (χ4n) is 3.97. The van der Waals surface area contributed by atoms with Crippen LogP contribution in [0, 0.1) is 0 Å². The van der Waals surface area contributed by atoms with Crippen LogP contribution in [-0.4, -0.2) is 53.7 Å². The molecule has 4 rings (SSSR count). The Hall–Kier alpha value is -3.39. The molecule has 2 saturated heterocycles. The second kappa shape index (κ2) is 6.97. The number of nitrogens with one attached hydrogen (secondary N) is 1. The highest BCUT2D eigenvalue weighted by Gasteiger charge is 2.44. The van der Waals surface area contributed by atoms with Gasteiger partial charge in [0, 0.05) is 36.2 Å². The predicted octanol–water partition coefficient (Wildman–Crippen LogP) is 1.37. The molecule has 1 aromatic rings. The maximum atomic E-state index is 12.9. The molecule has 3 heterocycles. The maximum absolute atomic E-state index is 12.9. The first kappa shape index (κ1) is 18.0. The lowest BCUT2D eigenvalue weighted by molar-refractivity contribution is -0.136. The summed E-state index contributed by atoms with van der Waals surface area (Å²) in [6.07, 6.45) is 1.66. The van der Waals surface area contributed by atoms with Crippen molar-refractivity contribution in [3.8, 4) is 0 Å². The fraction of sp³-hybridized carbons (Fsp3) is 0.444. The minimum Gasteiger partial charge on any atom is -0.371 e. The third kappa shape index (κ3) is 2.97. The summed E-state index contributed by atoms with van der Waals surface area (Å²) in [6, 6.07) is 4.08. The normalized spacial score (nSPS) is 22.8. The van der Waals surface area contributed by atoms with Crippen LogP contribution in [0.1, 0.15) is 46.4 Å². The van der Waals surface area contributed by atoms with E-state index in [9.17, 15) is 19.2 Å². The van der Waals surface area contributed by atoms with Crippen LogP contribution in [0.2, 0.25) is 0 Å². The van der Waals surface area contributed by atoms with Crippen LogP contribution in [0.25, 0.3) is 10.4 Å². The SMILES string of the molecule is [N-]=[N+]=NC1CCN(c2ccc3c(c2)C(=O)N(C2CCC(=O)NC2=O)C3=O)CC1. The van der Waals surface area contributed by atoms with Gasteiger partial charge >= 0.3 is 0 Å². The molecule has 1 N–H and O–H groups in total. The van der Waals surface area contributed by atoms with Gasteiger partial charge in [0.25, 0.3) is 11.8 Å². The van der Waals surface area contributed by atoms with Crippen LogP contribution in [0.5, 0.6) is 0 Å². The summed E-state index contributed by atoms with van der Waals surface area (Å²) in [7, 11) is 0. The molecule has 1 aromatic carbocycles. The van der Waals surface area contributed by atoms with Crippen LogP contribution in [0.15, 0.2) is 23.3 Å². The largest absolute Gasteiger partial charge is 0.371 e. The molecule has 3 aliphatic heterocycles. The van der Waals surface area contributed by atoms with Crippen molar-refractivity contribution in [2.24, 2.45) is 5.11 Å². The fourth-order valence-corrected chi connectivity index (χ4v) is 3.97. The van der Waals surface area contributed by atoms with Gasteiger partial charge in [-0.2, -0.15) is 0 Å². The molecule has 0 aliphatic carbocycles. The highest BCUT2D eigenvalue weighted by Crippen LogP contribution is 2.31. The molecular formula is C18H18N6O4. The standard InChI is InChI=1S/C18H18N6O4/c19-22-21-10-5-7-23(8-6-10)11-1-2-12-13(9-11)18(28)24(17(12)27)14-3-4-15(25)20-16(14)26/h1-2,9-10,14H,3-8H2,(H,20,25,26). The third-order valence-corrected chi connectivity index (χ3v) is 5.47. The number of carbonyl (C=O) groups is 4. The van der Waals surface area contributed by atoms with Crippen LogP contribution < -0.4 is 10.2 Å². The molecule has 1 unspecified atom stereocenters. The second-order valence-corrected chi connectivity index (χ2v) is 7.10. The minimum absolute atomic E-state index is 0.0260. The Bertz CT molecular complexity index is 930. The Morgan fingerprint density at radius 2 is 1.75 bits per heavy atom. The first-order valence-corrected chi connectivity index (χ1v) is 9.14. The van der Waals surface area contributed by atoms with Crippen LogP contribution in [-0.2, 0) is 9.59 Å². The number of amides is 4. The number of imide groups is 2. The molecule has 0 saturated carbocycles. The Kier molecular flexibility index (Phi) is 4.48. The van der Waals surface area contributed by atoms with Gasteiger partial charge < -0.3 is 4.90 Å². The van der Waals surface area contributed by atoms with E-state index in [1.165, 1.54) is 0 Å². The Morgan fingerprint density at radius 3 is 2.43 bits per heavy atom. The molecule has 3 aliphatic rings. The molecule has 144 valence electrons. The van der Waals surface area contributed by atoms with Gasteiger partial charge in [-0.25, -0.2) is 0 Å². The zero-order chi connectivity index (χ0) is 19.8. The van der Waals surface area contributed by atoms with E-state index in [0.29, 0.717) is 13.1 Å². The van der Waals surface area contributed by atoms with Crippen molar-refractivity contribution in [2.75, 3.05) is 18.0 Å². The van der Waals surface area contributed by atoms with Crippen molar-refractivity contribution < 1.29 is 19.2 Å². The van der Waals surface area contributed by atoms with Gasteiger partial charge in [-0.1, -0.05) is 5.11 Å². The van der Waals surface area contributed by atoms with Crippen molar-refractivity contribution >= 4 is 29.3 Å². The van der Waals surface area contributed by atoms with E-state index < -0.39 is 29.7 Å². The van der Waals surface area contributed by atoms with E-state index in [-0.39, 0.29) is 30.0 Å². The van der Waals surface area contributed by atoms with Crippen molar-refractivity contribution in [1.82, 2.24) is 10.2 Å². The van der Waals surface area contributed by atoms with Gasteiger partial charge in [0.15, 0.2) is 0 Å². The molecule has 0 spiro atoms. The molecule has 0 bridgehead atoms. The summed E-state index contributed by atoms with van der Waals surface area (Å²) in [6.45, 7) is 1.36. The zero-order valence-corrected chi connectivity index (χ0v) is 15.0. The molecule has 4 amide bonds. The summed E-state index contributed by atoms with van der Waals surface area (Å²) in [4.78, 5) is 54.9. The monoisotopic (exact) mass is 382 g/mol. The van der Waals surface area contributed by atoms with E-state index >= 15 is 0 Å². The second-order valence-electron chi connectivity index (χ2n) is 7.10. The summed E-state index contributed by atoms with van der Waals surface area (Å²) in [5, 5.41) is 5.94. The average Bonchev–Trinajstić information content (AvgIpc) is 2.93. The van der Waals surface area contributed by atoms with Crippen molar-refractivity contribution in [3.63, 3.8) is 0 Å². The highest BCUT2D eigenvalue weighted by molar-refractivity contribution is 6.23. The van der Waals surface area contributed by atoms with E-state index in [1.54, 1.807) is 18.2 Å². The summed E-state index contributed by atoms with van der Waals surface area (Å²) >= 11 is 0. The molecule has 28 heavy (non-hydrogen) atoms. The number of nitrogens with zero attached hydrogens (tertiary/aromatic N) is 5. The third-order valence-electron chi connectivity index (χ3n) is 5.47. The Labute approximate surface area is 160 Å². The van der Waals surface area contributed by atoms with E-state index in [1.807, 2.05) is 0 Å². The first-order valence-electron chi connectivity index (χ1n) is 9.14. The number of hydrogen-bond donors (Lipinski definition) is 1. The van der Waals surface area contributed by atoms with Crippen molar-refractivity contribution in [1.29, 1.82) is 0 Å². The Morgan fingerprint density at radius 1 is 1.04 bits per heavy atom. The van der Waals surface area contributed by atoms with E-state index in [4.69, 9.17) is 5.53 Å². The number of benzene rings is 1. The number of hydrogen-bond acceptors (Lipinski definition) is 6. The molecule has 2 fully saturated rings. The number of azide groups is 1. The topological polar surface area (TPSA) is 136 Å². The minimum atomic E-state index is -0.965. The highest BCUT2D eigenvalue weighted by atomic mass is 16.2. The van der Waals surface area contributed by atoms with E-state index in [2.05, 4.69) is 20.2 Å². The van der Waals surface area contributed by atoms with Crippen LogP contribution in [0.3, 0.4) is 0 Å². The maximum Gasteiger partial charge on any atom is 0.262 e. The van der Waals surface area contributed by atoms with Gasteiger partial charge in [-0.15, -0.1) is 0 Å². The lowest BCUT2D eigenvalue weighted by atomic mass is 10.0. The number of anilines is 1. The summed E-state index contributed by atoms with van der Waals surface area (Å²) in [5.74, 6) is -2.04. The molecule has 0 aromatic heterocycles. The number of piperidine rings is 2. The molecule has 10 heteroatoms. The molecule has 0 radical (unpaired) electrons. The van der Waals surface area contributed by atoms with E-state index in [0.717, 1.165) is 23.4 Å². The van der Waals surface area contributed by atoms with Gasteiger partial charge in [-0.3, -0.25) is 29.4 Å². The summed E-state index contributed by atoms with van der Waals surface area (Å²) < 4.78 is 0. The quantitative estimate of drug-likeness (QED) is 0.364. The first-order chi connectivity index (χ1) is 13.5. The number of carbonyl (C=O) groups excluding carboxylic acids is 4. The van der Waals surface area contributed by atoms with Gasteiger partial charge in [0.1, 0.15) is 6.04 Å². The average molecular weight is 382 g/mol. The molecule has 1 atom stereocenters. The van der Waals surface area contributed by atoms with Gasteiger partial charge in [-0.05, 0) is 43.0 Å². The smallest absolute Gasteiger partial charge is 0.262 e. The molecule has 10 nitrogen and oxygen atoms in total. The van der Waals surface area contributed by atoms with Gasteiger partial charge in [0.2, 0.25) is 11.8 Å². The predicted molar refractivity (Wildman–Crippen MR) is 97.5 cm³/mol. The van der Waals surface area contributed by atoms with Crippen LogP contribution >= 0.6 is 0 Å². The van der Waals surface area contributed by atoms with Gasteiger partial charge in [0.05, 0.1) is 11.1 Å². The summed E-state index contributed by atoms with van der Waals surface area (Å²) in [5.41, 5.74) is 9.89. The van der Waals surface area contributed by atoms with Crippen LogP contribution in [0.4, 0.5) is 5.69 Å². The number of fused-ring (bicyclic) bond motifs is 1. The van der Waals surface area contributed by atoms with Crippen molar-refractivity contribution in [3.05, 3.63) is 39.8 Å². The Balaban J connectivity index is 1.55. The number of rotatable bonds is 3.